The van der Waals surface area contributed by atoms with E-state index in [1.165, 1.54) is 24.4 Å². The molecule has 0 aliphatic carbocycles. The van der Waals surface area contributed by atoms with Crippen LogP contribution in [0.2, 0.25) is 0 Å². The molecule has 1 aliphatic heterocycles. The monoisotopic (exact) mass is 283 g/mol. The van der Waals surface area contributed by atoms with Crippen molar-refractivity contribution in [2.75, 3.05) is 44.9 Å². The largest absolute Gasteiger partial charge is 0.382 e. The molecule has 2 heterocycles. The fraction of sp³-hybridized carbons (Fsp3) is 0.667. The summed E-state index contributed by atoms with van der Waals surface area (Å²) in [5, 5.41) is 3.46. The van der Waals surface area contributed by atoms with Crippen LogP contribution in [0.25, 0.3) is 0 Å². The number of rotatable bonds is 4. The molecule has 1 fully saturated rings. The number of carbonyl (C=O) groups is 1. The van der Waals surface area contributed by atoms with E-state index < -0.39 is 0 Å². The van der Waals surface area contributed by atoms with Crippen molar-refractivity contribution in [3.8, 4) is 0 Å². The maximum absolute atomic E-state index is 11.9. The van der Waals surface area contributed by atoms with E-state index in [0.717, 1.165) is 18.1 Å². The van der Waals surface area contributed by atoms with Crippen molar-refractivity contribution < 1.29 is 4.79 Å². The molecule has 1 aliphatic rings. The molecule has 3 N–H and O–H groups in total. The van der Waals surface area contributed by atoms with Crippen molar-refractivity contribution >= 4 is 28.3 Å². The van der Waals surface area contributed by atoms with Crippen LogP contribution in [0.15, 0.2) is 0 Å². The van der Waals surface area contributed by atoms with Crippen LogP contribution in [-0.2, 0) is 0 Å². The third-order valence-corrected chi connectivity index (χ3v) is 4.63. The zero-order valence-electron chi connectivity index (χ0n) is 11.6. The summed E-state index contributed by atoms with van der Waals surface area (Å²) in [6.07, 6.45) is 2.44. The van der Waals surface area contributed by atoms with E-state index in [4.69, 9.17) is 5.73 Å². The highest BCUT2D eigenvalue weighted by atomic mass is 32.1. The van der Waals surface area contributed by atoms with Gasteiger partial charge in [-0.3, -0.25) is 4.79 Å². The number of nitrogen functional groups attached to an aromatic ring is 1. The number of nitrogens with two attached hydrogens (primary N) is 1. The van der Waals surface area contributed by atoms with E-state index in [-0.39, 0.29) is 5.91 Å². The van der Waals surface area contributed by atoms with Gasteiger partial charge in [0, 0.05) is 26.7 Å². The van der Waals surface area contributed by atoms with Gasteiger partial charge < -0.3 is 20.9 Å². The highest BCUT2D eigenvalue weighted by Gasteiger charge is 2.26. The minimum absolute atomic E-state index is 0.173. The van der Waals surface area contributed by atoms with Crippen LogP contribution in [0, 0.1) is 0 Å². The second-order valence-electron chi connectivity index (χ2n) is 4.98. The molecule has 0 aromatic carbocycles. The summed E-state index contributed by atoms with van der Waals surface area (Å²) in [6, 6.07) is 0.533. The van der Waals surface area contributed by atoms with Crippen LogP contribution in [0.5, 0.6) is 0 Å². The number of hydrogen-bond acceptors (Lipinski definition) is 6. The Labute approximate surface area is 117 Å². The zero-order valence-corrected chi connectivity index (χ0v) is 12.5. The SMILES string of the molecule is CNC(=O)c1c(N)nsc1N(C)CC1CCCN1C. The first-order valence-electron chi connectivity index (χ1n) is 6.43. The topological polar surface area (TPSA) is 74.5 Å². The zero-order chi connectivity index (χ0) is 14.0. The lowest BCUT2D eigenvalue weighted by molar-refractivity contribution is 0.0964. The molecule has 0 radical (unpaired) electrons. The maximum atomic E-state index is 11.9. The molecule has 1 aromatic heterocycles. The first-order chi connectivity index (χ1) is 9.04. The maximum Gasteiger partial charge on any atom is 0.257 e. The van der Waals surface area contributed by atoms with E-state index in [2.05, 4.69) is 26.5 Å². The number of nitrogens with zero attached hydrogens (tertiary/aromatic N) is 3. The van der Waals surface area contributed by atoms with Crippen molar-refractivity contribution in [3.63, 3.8) is 0 Å². The third kappa shape index (κ3) is 2.82. The van der Waals surface area contributed by atoms with E-state index in [1.54, 1.807) is 7.05 Å². The van der Waals surface area contributed by atoms with Gasteiger partial charge in [0.2, 0.25) is 0 Å². The molecule has 106 valence electrons. The summed E-state index contributed by atoms with van der Waals surface area (Å²) < 4.78 is 4.10. The van der Waals surface area contributed by atoms with Crippen LogP contribution < -0.4 is 16.0 Å². The molecule has 6 nitrogen and oxygen atoms in total. The van der Waals surface area contributed by atoms with E-state index >= 15 is 0 Å². The Hall–Kier alpha value is -1.34. The number of likely N-dealkylation sites (tertiary alicyclic amines) is 1. The number of carbonyl (C=O) groups excluding carboxylic acids is 1. The molecule has 1 saturated heterocycles. The fourth-order valence-electron chi connectivity index (χ4n) is 2.50. The summed E-state index contributed by atoms with van der Waals surface area (Å²) in [5.41, 5.74) is 6.29. The Morgan fingerprint density at radius 1 is 1.68 bits per heavy atom. The Morgan fingerprint density at radius 2 is 2.42 bits per heavy atom. The summed E-state index contributed by atoms with van der Waals surface area (Å²) >= 11 is 1.28. The molecule has 2 rings (SSSR count). The van der Waals surface area contributed by atoms with Gasteiger partial charge in [-0.2, -0.15) is 4.37 Å². The summed E-state index contributed by atoms with van der Waals surface area (Å²) in [7, 11) is 5.74. The van der Waals surface area contributed by atoms with Crippen LogP contribution >= 0.6 is 11.5 Å². The summed E-state index contributed by atoms with van der Waals surface area (Å²) in [5.74, 6) is 0.138. The van der Waals surface area contributed by atoms with Crippen LogP contribution in [0.4, 0.5) is 10.8 Å². The summed E-state index contributed by atoms with van der Waals surface area (Å²) in [4.78, 5) is 16.3. The van der Waals surface area contributed by atoms with Gasteiger partial charge in [-0.15, -0.1) is 0 Å². The number of amides is 1. The van der Waals surface area contributed by atoms with E-state index in [0.29, 0.717) is 17.4 Å². The number of hydrogen-bond donors (Lipinski definition) is 2. The molecule has 0 spiro atoms. The number of anilines is 2. The molecule has 0 bridgehead atoms. The normalized spacial score (nSPS) is 19.6. The smallest absolute Gasteiger partial charge is 0.257 e. The molecule has 7 heteroatoms. The molecule has 1 amide bonds. The van der Waals surface area contributed by atoms with E-state index in [9.17, 15) is 4.79 Å². The van der Waals surface area contributed by atoms with Crippen molar-refractivity contribution in [2.45, 2.75) is 18.9 Å². The van der Waals surface area contributed by atoms with Crippen molar-refractivity contribution in [3.05, 3.63) is 5.56 Å². The lowest BCUT2D eigenvalue weighted by Gasteiger charge is -2.26. The Kier molecular flexibility index (Phi) is 4.26. The number of nitrogens with one attached hydrogen (secondary N) is 1. The lowest BCUT2D eigenvalue weighted by atomic mass is 10.2. The molecule has 19 heavy (non-hydrogen) atoms. The predicted molar refractivity (Wildman–Crippen MR) is 78.8 cm³/mol. The fourth-order valence-corrected chi connectivity index (χ4v) is 3.28. The minimum Gasteiger partial charge on any atom is -0.382 e. The minimum atomic E-state index is -0.173. The van der Waals surface area contributed by atoms with Gasteiger partial charge in [0.15, 0.2) is 5.82 Å². The quantitative estimate of drug-likeness (QED) is 0.847. The van der Waals surface area contributed by atoms with Crippen LogP contribution in [0.3, 0.4) is 0 Å². The summed E-state index contributed by atoms with van der Waals surface area (Å²) in [6.45, 7) is 2.04. The predicted octanol–water partition coefficient (Wildman–Crippen LogP) is 0.615. The first kappa shape index (κ1) is 14.1. The van der Waals surface area contributed by atoms with Crippen LogP contribution in [-0.4, -0.2) is 55.5 Å². The standard InChI is InChI=1S/C12H21N5OS/c1-14-11(18)9-10(13)15-19-12(9)17(3)7-8-5-4-6-16(8)2/h8H,4-7H2,1-3H3,(H2,13,15)(H,14,18). The molecule has 1 aromatic rings. The number of aromatic nitrogens is 1. The second-order valence-corrected chi connectivity index (χ2v) is 5.74. The highest BCUT2D eigenvalue weighted by molar-refractivity contribution is 7.11. The average Bonchev–Trinajstić information content (AvgIpc) is 2.95. The lowest BCUT2D eigenvalue weighted by Crippen LogP contribution is -2.37. The second kappa shape index (κ2) is 5.75. The van der Waals surface area contributed by atoms with Gasteiger partial charge in [0.1, 0.15) is 10.6 Å². The van der Waals surface area contributed by atoms with Crippen molar-refractivity contribution in [2.24, 2.45) is 0 Å². The Bertz CT molecular complexity index is 461. The van der Waals surface area contributed by atoms with Gasteiger partial charge in [0.05, 0.1) is 0 Å². The van der Waals surface area contributed by atoms with Crippen molar-refractivity contribution in [1.82, 2.24) is 14.6 Å². The van der Waals surface area contributed by atoms with Gasteiger partial charge >= 0.3 is 0 Å². The average molecular weight is 283 g/mol. The van der Waals surface area contributed by atoms with E-state index in [1.807, 2.05) is 7.05 Å². The Morgan fingerprint density at radius 3 is 3.00 bits per heavy atom. The van der Waals surface area contributed by atoms with Crippen molar-refractivity contribution in [1.29, 1.82) is 0 Å². The molecule has 0 saturated carbocycles. The van der Waals surface area contributed by atoms with Gasteiger partial charge in [-0.05, 0) is 38.0 Å². The van der Waals surface area contributed by atoms with Gasteiger partial charge in [0.25, 0.3) is 5.91 Å². The molecule has 1 unspecified atom stereocenters. The highest BCUT2D eigenvalue weighted by Crippen LogP contribution is 2.30. The Balaban J connectivity index is 2.15. The van der Waals surface area contributed by atoms with Crippen LogP contribution in [0.1, 0.15) is 23.2 Å². The first-order valence-corrected chi connectivity index (χ1v) is 7.20. The molecule has 1 atom stereocenters. The molecular weight excluding hydrogens is 262 g/mol. The van der Waals surface area contributed by atoms with Gasteiger partial charge in [-0.25, -0.2) is 0 Å². The molecular formula is C12H21N5OS. The number of likely N-dealkylation sites (N-methyl/N-ethyl adjacent to an activating group) is 2. The van der Waals surface area contributed by atoms with Gasteiger partial charge in [-0.1, -0.05) is 0 Å². The third-order valence-electron chi connectivity index (χ3n) is 3.66.